The SMILES string of the molecule is COc1cc(CNC(=S)NC(=O)c2ccc(C)cc2)ccc1OCCC(C)C. The largest absolute Gasteiger partial charge is 0.493 e. The molecule has 0 bridgehead atoms. The Hall–Kier alpha value is -2.60. The van der Waals surface area contributed by atoms with Crippen LogP contribution >= 0.6 is 12.2 Å². The molecular formula is C22H28N2O3S. The van der Waals surface area contributed by atoms with Crippen LogP contribution in [-0.4, -0.2) is 24.7 Å². The lowest BCUT2D eigenvalue weighted by atomic mass is 10.1. The van der Waals surface area contributed by atoms with Crippen LogP contribution in [0.4, 0.5) is 0 Å². The monoisotopic (exact) mass is 400 g/mol. The zero-order valence-electron chi connectivity index (χ0n) is 16.9. The van der Waals surface area contributed by atoms with E-state index >= 15 is 0 Å². The fraction of sp³-hybridized carbons (Fsp3) is 0.364. The molecule has 5 nitrogen and oxygen atoms in total. The van der Waals surface area contributed by atoms with Gasteiger partial charge in [0.15, 0.2) is 16.6 Å². The van der Waals surface area contributed by atoms with E-state index in [1.807, 2.05) is 37.3 Å². The van der Waals surface area contributed by atoms with Crippen molar-refractivity contribution in [3.63, 3.8) is 0 Å². The van der Waals surface area contributed by atoms with Crippen LogP contribution in [0, 0.1) is 12.8 Å². The summed E-state index contributed by atoms with van der Waals surface area (Å²) in [5.74, 6) is 1.76. The first-order chi connectivity index (χ1) is 13.4. The molecule has 0 spiro atoms. The summed E-state index contributed by atoms with van der Waals surface area (Å²) in [5.41, 5.74) is 2.64. The summed E-state index contributed by atoms with van der Waals surface area (Å²) >= 11 is 5.22. The van der Waals surface area contributed by atoms with E-state index in [1.165, 1.54) is 0 Å². The van der Waals surface area contributed by atoms with Gasteiger partial charge in [-0.2, -0.15) is 0 Å². The highest BCUT2D eigenvalue weighted by Gasteiger charge is 2.09. The lowest BCUT2D eigenvalue weighted by Gasteiger charge is -2.14. The number of methoxy groups -OCH3 is 1. The second-order valence-electron chi connectivity index (χ2n) is 7.02. The highest BCUT2D eigenvalue weighted by atomic mass is 32.1. The van der Waals surface area contributed by atoms with Crippen LogP contribution < -0.4 is 20.1 Å². The number of carbonyl (C=O) groups excluding carboxylic acids is 1. The van der Waals surface area contributed by atoms with Crippen molar-refractivity contribution < 1.29 is 14.3 Å². The van der Waals surface area contributed by atoms with E-state index in [1.54, 1.807) is 19.2 Å². The summed E-state index contributed by atoms with van der Waals surface area (Å²) in [6.07, 6.45) is 0.988. The molecule has 2 rings (SSSR count). The number of benzene rings is 2. The molecule has 0 aromatic heterocycles. The van der Waals surface area contributed by atoms with Crippen molar-refractivity contribution in [3.05, 3.63) is 59.2 Å². The van der Waals surface area contributed by atoms with Crippen LogP contribution in [0.1, 0.15) is 41.8 Å². The Bertz CT molecular complexity index is 804. The van der Waals surface area contributed by atoms with Crippen LogP contribution in [0.25, 0.3) is 0 Å². The third-order valence-electron chi connectivity index (χ3n) is 4.17. The smallest absolute Gasteiger partial charge is 0.257 e. The Labute approximate surface area is 172 Å². The van der Waals surface area contributed by atoms with Crippen molar-refractivity contribution in [2.75, 3.05) is 13.7 Å². The van der Waals surface area contributed by atoms with Gasteiger partial charge in [-0.05, 0) is 61.3 Å². The maximum Gasteiger partial charge on any atom is 0.257 e. The Morgan fingerprint density at radius 2 is 1.82 bits per heavy atom. The summed E-state index contributed by atoms with van der Waals surface area (Å²) in [5, 5.41) is 6.01. The van der Waals surface area contributed by atoms with E-state index in [9.17, 15) is 4.79 Å². The van der Waals surface area contributed by atoms with E-state index in [-0.39, 0.29) is 11.0 Å². The lowest BCUT2D eigenvalue weighted by molar-refractivity contribution is 0.0976. The molecule has 0 radical (unpaired) electrons. The first kappa shape index (κ1) is 21.7. The predicted octanol–water partition coefficient (Wildman–Crippen LogP) is 4.23. The molecular weight excluding hydrogens is 372 g/mol. The highest BCUT2D eigenvalue weighted by Crippen LogP contribution is 2.28. The average molecular weight is 401 g/mol. The quantitative estimate of drug-likeness (QED) is 0.649. The van der Waals surface area contributed by atoms with Crippen molar-refractivity contribution in [1.82, 2.24) is 10.6 Å². The van der Waals surface area contributed by atoms with Gasteiger partial charge in [-0.25, -0.2) is 0 Å². The summed E-state index contributed by atoms with van der Waals surface area (Å²) in [7, 11) is 1.62. The fourth-order valence-corrected chi connectivity index (χ4v) is 2.62. The number of hydrogen-bond donors (Lipinski definition) is 2. The molecule has 150 valence electrons. The van der Waals surface area contributed by atoms with Gasteiger partial charge in [0.05, 0.1) is 13.7 Å². The number of carbonyl (C=O) groups is 1. The minimum Gasteiger partial charge on any atom is -0.493 e. The number of nitrogens with one attached hydrogen (secondary N) is 2. The molecule has 0 atom stereocenters. The summed E-state index contributed by atoms with van der Waals surface area (Å²) in [6.45, 7) is 7.42. The molecule has 0 aliphatic heterocycles. The fourth-order valence-electron chi connectivity index (χ4n) is 2.45. The minimum absolute atomic E-state index is 0.232. The van der Waals surface area contributed by atoms with E-state index < -0.39 is 0 Å². The van der Waals surface area contributed by atoms with Crippen LogP contribution in [0.3, 0.4) is 0 Å². The molecule has 0 unspecified atom stereocenters. The number of ether oxygens (including phenoxy) is 2. The topological polar surface area (TPSA) is 59.6 Å². The van der Waals surface area contributed by atoms with Crippen molar-refractivity contribution in [3.8, 4) is 11.5 Å². The molecule has 2 N–H and O–H groups in total. The second-order valence-corrected chi connectivity index (χ2v) is 7.43. The van der Waals surface area contributed by atoms with Gasteiger partial charge in [0.25, 0.3) is 5.91 Å². The molecule has 0 saturated heterocycles. The van der Waals surface area contributed by atoms with E-state index in [4.69, 9.17) is 21.7 Å². The van der Waals surface area contributed by atoms with Gasteiger partial charge < -0.3 is 14.8 Å². The van der Waals surface area contributed by atoms with Gasteiger partial charge in [0, 0.05) is 12.1 Å². The van der Waals surface area contributed by atoms with Gasteiger partial charge in [-0.3, -0.25) is 10.1 Å². The van der Waals surface area contributed by atoms with Gasteiger partial charge >= 0.3 is 0 Å². The first-order valence-electron chi connectivity index (χ1n) is 9.34. The minimum atomic E-state index is -0.232. The molecule has 28 heavy (non-hydrogen) atoms. The van der Waals surface area contributed by atoms with Gasteiger partial charge in [0.1, 0.15) is 0 Å². The third kappa shape index (κ3) is 6.85. The zero-order valence-corrected chi connectivity index (χ0v) is 17.7. The molecule has 0 aliphatic carbocycles. The van der Waals surface area contributed by atoms with Gasteiger partial charge in [0.2, 0.25) is 0 Å². The molecule has 2 aromatic carbocycles. The Kier molecular flexibility index (Phi) is 8.26. The summed E-state index contributed by atoms with van der Waals surface area (Å²) in [6, 6.07) is 13.1. The molecule has 0 saturated carbocycles. The number of hydrogen-bond acceptors (Lipinski definition) is 4. The summed E-state index contributed by atoms with van der Waals surface area (Å²) in [4.78, 5) is 12.2. The Morgan fingerprint density at radius 1 is 1.11 bits per heavy atom. The summed E-state index contributed by atoms with van der Waals surface area (Å²) < 4.78 is 11.2. The molecule has 2 aromatic rings. The van der Waals surface area contributed by atoms with Crippen molar-refractivity contribution >= 4 is 23.2 Å². The Balaban J connectivity index is 1.88. The first-order valence-corrected chi connectivity index (χ1v) is 9.75. The van der Waals surface area contributed by atoms with E-state index in [0.717, 1.165) is 23.3 Å². The lowest BCUT2D eigenvalue weighted by Crippen LogP contribution is -2.38. The number of aryl methyl sites for hydroxylation is 1. The van der Waals surface area contributed by atoms with E-state index in [0.29, 0.717) is 30.4 Å². The molecule has 0 fully saturated rings. The number of thiocarbonyl (C=S) groups is 1. The van der Waals surface area contributed by atoms with Crippen molar-refractivity contribution in [2.24, 2.45) is 5.92 Å². The standard InChI is InChI=1S/C22H28N2O3S/c1-15(2)11-12-27-19-10-7-17(13-20(19)26-4)14-23-22(28)24-21(25)18-8-5-16(3)6-9-18/h5-10,13,15H,11-12,14H2,1-4H3,(H2,23,24,25,28). The normalized spacial score (nSPS) is 10.5. The van der Waals surface area contributed by atoms with Gasteiger partial charge in [-0.15, -0.1) is 0 Å². The molecule has 6 heteroatoms. The van der Waals surface area contributed by atoms with Crippen molar-refractivity contribution in [2.45, 2.75) is 33.7 Å². The molecule has 0 aliphatic rings. The van der Waals surface area contributed by atoms with Crippen LogP contribution in [0.15, 0.2) is 42.5 Å². The average Bonchev–Trinajstić information content (AvgIpc) is 2.67. The Morgan fingerprint density at radius 3 is 2.46 bits per heavy atom. The number of rotatable bonds is 8. The third-order valence-corrected chi connectivity index (χ3v) is 4.42. The zero-order chi connectivity index (χ0) is 20.5. The van der Waals surface area contributed by atoms with Crippen LogP contribution in [-0.2, 0) is 6.54 Å². The van der Waals surface area contributed by atoms with Crippen molar-refractivity contribution in [1.29, 1.82) is 0 Å². The maximum absolute atomic E-state index is 12.2. The van der Waals surface area contributed by atoms with E-state index in [2.05, 4.69) is 24.5 Å². The van der Waals surface area contributed by atoms with Crippen LogP contribution in [0.5, 0.6) is 11.5 Å². The molecule has 1 amide bonds. The molecule has 0 heterocycles. The maximum atomic E-state index is 12.2. The van der Waals surface area contributed by atoms with Gasteiger partial charge in [-0.1, -0.05) is 37.6 Å². The van der Waals surface area contributed by atoms with Crippen LogP contribution in [0.2, 0.25) is 0 Å². The second kappa shape index (κ2) is 10.7. The number of amides is 1. The highest BCUT2D eigenvalue weighted by molar-refractivity contribution is 7.80. The predicted molar refractivity (Wildman–Crippen MR) is 116 cm³/mol.